The number of aliphatic hydroxyl groups is 1. The minimum Gasteiger partial charge on any atom is -0.508 e. The fourth-order valence-electron chi connectivity index (χ4n) is 3.84. The van der Waals surface area contributed by atoms with Gasteiger partial charge in [-0.25, -0.2) is 0 Å². The number of hydrogen-bond donors (Lipinski definition) is 4. The van der Waals surface area contributed by atoms with Gasteiger partial charge in [-0.15, -0.1) is 0 Å². The Hall–Kier alpha value is -4.01. The molecule has 0 spiro atoms. The molecule has 4 rings (SSSR count). The lowest BCUT2D eigenvalue weighted by Gasteiger charge is -2.20. The van der Waals surface area contributed by atoms with Gasteiger partial charge < -0.3 is 30.5 Å². The number of amides is 1. The van der Waals surface area contributed by atoms with Crippen molar-refractivity contribution in [3.05, 3.63) is 132 Å². The standard InChI is InChI=1S/C17H21NO.C10H15NO.C8H9NO2/c1-18(2)13-14-19-17(15-9-5-3-6-10-15)16-11-7-4-8-12-16;1-8(11-2)10(12)9-6-4-3-5-7-9;1-6(10)9-7-2-4-8(11)5-3-7/h3-12,17H,13-14H2,1-2H3;3-8,10-12H,1-2H3;2-5,11H,1H3,(H,9,10)/t;8-,10+;/m.0./s1. The first-order valence-corrected chi connectivity index (χ1v) is 14.0. The average molecular weight is 572 g/mol. The summed E-state index contributed by atoms with van der Waals surface area (Å²) in [5.41, 5.74) is 4.05. The van der Waals surface area contributed by atoms with Crippen molar-refractivity contribution in [1.82, 2.24) is 10.2 Å². The number of hydrogen-bond acceptors (Lipinski definition) is 6. The predicted molar refractivity (Wildman–Crippen MR) is 172 cm³/mol. The Morgan fingerprint density at radius 2 is 1.24 bits per heavy atom. The minimum atomic E-state index is -0.420. The molecule has 7 nitrogen and oxygen atoms in total. The van der Waals surface area contributed by atoms with Crippen LogP contribution >= 0.6 is 0 Å². The van der Waals surface area contributed by atoms with Crippen molar-refractivity contribution in [2.24, 2.45) is 0 Å². The fourth-order valence-corrected chi connectivity index (χ4v) is 3.84. The van der Waals surface area contributed by atoms with Gasteiger partial charge in [0.1, 0.15) is 11.9 Å². The highest BCUT2D eigenvalue weighted by molar-refractivity contribution is 5.88. The van der Waals surface area contributed by atoms with E-state index in [2.05, 4.69) is 78.2 Å². The van der Waals surface area contributed by atoms with E-state index in [0.717, 1.165) is 18.7 Å². The molecule has 0 saturated carbocycles. The summed E-state index contributed by atoms with van der Waals surface area (Å²) in [6, 6.07) is 36.8. The number of aromatic hydroxyl groups is 1. The molecule has 0 aliphatic rings. The van der Waals surface area contributed by atoms with E-state index in [1.807, 2.05) is 56.4 Å². The Labute approximate surface area is 250 Å². The van der Waals surface area contributed by atoms with Crippen LogP contribution in [0.3, 0.4) is 0 Å². The maximum absolute atomic E-state index is 10.5. The summed E-state index contributed by atoms with van der Waals surface area (Å²) in [5.74, 6) is 0.0785. The van der Waals surface area contributed by atoms with E-state index < -0.39 is 6.10 Å². The molecule has 0 radical (unpaired) electrons. The molecule has 0 heterocycles. The summed E-state index contributed by atoms with van der Waals surface area (Å²) in [7, 11) is 5.96. The van der Waals surface area contributed by atoms with Crippen LogP contribution in [0.4, 0.5) is 5.69 Å². The molecule has 4 aromatic carbocycles. The molecule has 4 N–H and O–H groups in total. The zero-order valence-corrected chi connectivity index (χ0v) is 25.3. The maximum atomic E-state index is 10.5. The van der Waals surface area contributed by atoms with Crippen molar-refractivity contribution in [1.29, 1.82) is 0 Å². The molecule has 42 heavy (non-hydrogen) atoms. The van der Waals surface area contributed by atoms with Crippen LogP contribution in [-0.4, -0.2) is 61.4 Å². The van der Waals surface area contributed by atoms with Crippen LogP contribution in [0.2, 0.25) is 0 Å². The van der Waals surface area contributed by atoms with Crippen LogP contribution in [0.15, 0.2) is 115 Å². The monoisotopic (exact) mass is 571 g/mol. The van der Waals surface area contributed by atoms with E-state index in [0.29, 0.717) is 5.69 Å². The number of nitrogens with zero attached hydrogens (tertiary/aromatic N) is 1. The van der Waals surface area contributed by atoms with Gasteiger partial charge in [0.15, 0.2) is 0 Å². The number of carbonyl (C=O) groups is 1. The molecule has 2 atom stereocenters. The number of phenolic OH excluding ortho intramolecular Hbond substituents is 1. The molecule has 0 aliphatic carbocycles. The summed E-state index contributed by atoms with van der Waals surface area (Å²) in [4.78, 5) is 12.7. The SMILES string of the molecule is CC(=O)Nc1ccc(O)cc1.CN(C)CCOC(c1ccccc1)c1ccccc1.CN[C@@H](C)[C@@H](O)c1ccccc1. The molecule has 0 saturated heterocycles. The third-order valence-electron chi connectivity index (χ3n) is 6.29. The van der Waals surface area contributed by atoms with Crippen LogP contribution in [0.25, 0.3) is 0 Å². The molecule has 0 bridgehead atoms. The molecule has 224 valence electrons. The summed E-state index contributed by atoms with van der Waals surface area (Å²) < 4.78 is 6.08. The second kappa shape index (κ2) is 19.2. The van der Waals surface area contributed by atoms with Crippen LogP contribution in [-0.2, 0) is 9.53 Å². The van der Waals surface area contributed by atoms with Crippen molar-refractivity contribution in [3.8, 4) is 5.75 Å². The van der Waals surface area contributed by atoms with E-state index in [9.17, 15) is 9.90 Å². The van der Waals surface area contributed by atoms with E-state index in [-0.39, 0.29) is 23.8 Å². The van der Waals surface area contributed by atoms with Crippen molar-refractivity contribution in [2.45, 2.75) is 32.1 Å². The number of carbonyl (C=O) groups excluding carboxylic acids is 1. The highest BCUT2D eigenvalue weighted by Gasteiger charge is 2.14. The molecule has 0 aliphatic heterocycles. The normalized spacial score (nSPS) is 11.9. The molecule has 0 unspecified atom stereocenters. The summed E-state index contributed by atoms with van der Waals surface area (Å²) in [5, 5.41) is 24.2. The number of aliphatic hydroxyl groups excluding tert-OH is 1. The zero-order chi connectivity index (χ0) is 30.7. The first-order chi connectivity index (χ1) is 20.2. The van der Waals surface area contributed by atoms with Crippen molar-refractivity contribution >= 4 is 11.6 Å². The summed E-state index contributed by atoms with van der Waals surface area (Å²) >= 11 is 0. The van der Waals surface area contributed by atoms with Crippen LogP contribution in [0.1, 0.15) is 42.7 Å². The van der Waals surface area contributed by atoms with Crippen molar-refractivity contribution in [3.63, 3.8) is 0 Å². The van der Waals surface area contributed by atoms with Crippen LogP contribution in [0, 0.1) is 0 Å². The number of anilines is 1. The van der Waals surface area contributed by atoms with Gasteiger partial charge in [-0.3, -0.25) is 4.79 Å². The molecule has 4 aromatic rings. The lowest BCUT2D eigenvalue weighted by molar-refractivity contribution is -0.114. The second-order valence-corrected chi connectivity index (χ2v) is 10.0. The smallest absolute Gasteiger partial charge is 0.221 e. The van der Waals surface area contributed by atoms with Crippen molar-refractivity contribution < 1.29 is 19.7 Å². The first-order valence-electron chi connectivity index (χ1n) is 14.0. The highest BCUT2D eigenvalue weighted by Crippen LogP contribution is 2.25. The number of rotatable bonds is 10. The summed E-state index contributed by atoms with van der Waals surface area (Å²) in [6.07, 6.45) is -0.404. The van der Waals surface area contributed by atoms with E-state index >= 15 is 0 Å². The van der Waals surface area contributed by atoms with E-state index in [1.54, 1.807) is 12.1 Å². The lowest BCUT2D eigenvalue weighted by Crippen LogP contribution is -2.28. The molecular weight excluding hydrogens is 526 g/mol. The van der Waals surface area contributed by atoms with E-state index in [1.165, 1.54) is 30.2 Å². The third kappa shape index (κ3) is 13.1. The lowest BCUT2D eigenvalue weighted by atomic mass is 10.0. The van der Waals surface area contributed by atoms with Gasteiger partial charge in [-0.1, -0.05) is 91.0 Å². The zero-order valence-electron chi connectivity index (χ0n) is 25.3. The fraction of sp³-hybridized carbons (Fsp3) is 0.286. The Morgan fingerprint density at radius 3 is 1.64 bits per heavy atom. The molecule has 0 aromatic heterocycles. The summed E-state index contributed by atoms with van der Waals surface area (Å²) in [6.45, 7) is 5.04. The van der Waals surface area contributed by atoms with Gasteiger partial charge in [-0.05, 0) is 69.0 Å². The number of benzene rings is 4. The predicted octanol–water partition coefficient (Wildman–Crippen LogP) is 6.03. The van der Waals surface area contributed by atoms with Crippen molar-refractivity contribution in [2.75, 3.05) is 39.6 Å². The topological polar surface area (TPSA) is 94.1 Å². The molecule has 1 amide bonds. The van der Waals surface area contributed by atoms with Gasteiger partial charge in [-0.2, -0.15) is 0 Å². The molecule has 0 fully saturated rings. The Kier molecular flexibility index (Phi) is 15.6. The van der Waals surface area contributed by atoms with Gasteiger partial charge >= 0.3 is 0 Å². The average Bonchev–Trinajstić information content (AvgIpc) is 3.01. The number of nitrogens with one attached hydrogen (secondary N) is 2. The quantitative estimate of drug-likeness (QED) is 0.174. The van der Waals surface area contributed by atoms with Crippen LogP contribution in [0.5, 0.6) is 5.75 Å². The van der Waals surface area contributed by atoms with Gasteiger partial charge in [0, 0.05) is 25.2 Å². The van der Waals surface area contributed by atoms with Gasteiger partial charge in [0.25, 0.3) is 0 Å². The first kappa shape index (κ1) is 34.2. The number of ether oxygens (including phenoxy) is 1. The Balaban J connectivity index is 0.000000233. The minimum absolute atomic E-state index is 0.0161. The van der Waals surface area contributed by atoms with Gasteiger partial charge in [0.2, 0.25) is 5.91 Å². The third-order valence-corrected chi connectivity index (χ3v) is 6.29. The second-order valence-electron chi connectivity index (χ2n) is 10.0. The van der Waals surface area contributed by atoms with E-state index in [4.69, 9.17) is 9.84 Å². The largest absolute Gasteiger partial charge is 0.508 e. The van der Waals surface area contributed by atoms with Gasteiger partial charge in [0.05, 0.1) is 12.7 Å². The van der Waals surface area contributed by atoms with Crippen LogP contribution < -0.4 is 10.6 Å². The highest BCUT2D eigenvalue weighted by atomic mass is 16.5. The Bertz CT molecular complexity index is 1210. The molecule has 7 heteroatoms. The molecular formula is C35H45N3O4. The Morgan fingerprint density at radius 1 is 0.786 bits per heavy atom. The number of likely N-dealkylation sites (N-methyl/N-ethyl adjacent to an activating group) is 2. The number of phenols is 1. The maximum Gasteiger partial charge on any atom is 0.221 e.